The summed E-state index contributed by atoms with van der Waals surface area (Å²) in [7, 11) is 0. The summed E-state index contributed by atoms with van der Waals surface area (Å²) in [5.74, 6) is -2.14. The number of nitrogens with one attached hydrogen (secondary N) is 3. The van der Waals surface area contributed by atoms with Crippen molar-refractivity contribution in [2.75, 3.05) is 13.1 Å². The first-order valence-corrected chi connectivity index (χ1v) is 14.1. The molecule has 5 unspecified atom stereocenters. The van der Waals surface area contributed by atoms with Gasteiger partial charge in [0.15, 0.2) is 0 Å². The largest absolute Gasteiger partial charge is 0.444 e. The highest BCUT2D eigenvalue weighted by molar-refractivity contribution is 6.38. The number of alkyl carbamates (subject to hydrolysis) is 1. The number of nitrogens with zero attached hydrogens (tertiary/aromatic N) is 1. The molecular formula is C29H44N4O6. The van der Waals surface area contributed by atoms with Crippen LogP contribution >= 0.6 is 0 Å². The summed E-state index contributed by atoms with van der Waals surface area (Å²) in [6.07, 6.45) is 8.54. The van der Waals surface area contributed by atoms with Gasteiger partial charge in [-0.1, -0.05) is 31.4 Å². The van der Waals surface area contributed by atoms with Crippen molar-refractivity contribution in [3.8, 4) is 0 Å². The summed E-state index contributed by atoms with van der Waals surface area (Å²) in [6.45, 7) is 13.0. The van der Waals surface area contributed by atoms with Crippen LogP contribution in [0.2, 0.25) is 0 Å². The summed E-state index contributed by atoms with van der Waals surface area (Å²) in [5.41, 5.74) is -0.715. The Morgan fingerprint density at radius 1 is 1.03 bits per heavy atom. The van der Waals surface area contributed by atoms with Gasteiger partial charge < -0.3 is 25.6 Å². The van der Waals surface area contributed by atoms with Crippen molar-refractivity contribution in [1.29, 1.82) is 0 Å². The van der Waals surface area contributed by atoms with Crippen LogP contribution in [0.5, 0.6) is 0 Å². The van der Waals surface area contributed by atoms with E-state index in [1.807, 2.05) is 0 Å². The van der Waals surface area contributed by atoms with E-state index in [2.05, 4.69) is 29.1 Å². The Balaban J connectivity index is 1.77. The van der Waals surface area contributed by atoms with Gasteiger partial charge >= 0.3 is 6.09 Å². The SMILES string of the molecule is C=CCCC(NC(=O)C1C2CC2CN1C(=O)C(NC(=O)OC(C)(C)C)C1CCCCC1)C(=O)C(=O)NCC=C. The Bertz CT molecular complexity index is 967. The van der Waals surface area contributed by atoms with E-state index in [1.165, 1.54) is 6.08 Å². The molecule has 3 aliphatic rings. The zero-order valence-corrected chi connectivity index (χ0v) is 23.5. The molecule has 1 saturated heterocycles. The number of hydrogen-bond acceptors (Lipinski definition) is 6. The van der Waals surface area contributed by atoms with Crippen LogP contribution in [0.15, 0.2) is 25.3 Å². The topological polar surface area (TPSA) is 134 Å². The van der Waals surface area contributed by atoms with E-state index in [9.17, 15) is 24.0 Å². The minimum absolute atomic E-state index is 0.00719. The highest BCUT2D eigenvalue weighted by Crippen LogP contribution is 2.50. The van der Waals surface area contributed by atoms with Crippen LogP contribution in [0, 0.1) is 17.8 Å². The molecule has 0 spiro atoms. The third-order valence-electron chi connectivity index (χ3n) is 7.68. The van der Waals surface area contributed by atoms with E-state index in [0.717, 1.165) is 38.5 Å². The molecule has 3 fully saturated rings. The lowest BCUT2D eigenvalue weighted by atomic mass is 9.83. The summed E-state index contributed by atoms with van der Waals surface area (Å²) in [6, 6.07) is -2.59. The molecule has 1 aliphatic heterocycles. The average molecular weight is 545 g/mol. The summed E-state index contributed by atoms with van der Waals surface area (Å²) in [4.78, 5) is 67.0. The zero-order chi connectivity index (χ0) is 28.7. The van der Waals surface area contributed by atoms with Gasteiger partial charge in [0.25, 0.3) is 5.91 Å². The average Bonchev–Trinajstić information content (AvgIpc) is 3.55. The van der Waals surface area contributed by atoms with E-state index < -0.39 is 47.4 Å². The zero-order valence-electron chi connectivity index (χ0n) is 23.5. The first-order valence-electron chi connectivity index (χ1n) is 14.1. The van der Waals surface area contributed by atoms with Crippen LogP contribution in [0.3, 0.4) is 0 Å². The molecule has 1 heterocycles. The molecule has 10 heteroatoms. The van der Waals surface area contributed by atoms with Gasteiger partial charge in [0, 0.05) is 13.1 Å². The maximum atomic E-state index is 14.0. The highest BCUT2D eigenvalue weighted by Gasteiger charge is 2.58. The van der Waals surface area contributed by atoms with Crippen LogP contribution in [-0.2, 0) is 23.9 Å². The fourth-order valence-corrected chi connectivity index (χ4v) is 5.71. The standard InChI is InChI=1S/C29H44N4O6/c1-6-8-14-21(24(34)26(36)30-15-7-2)31-25(35)23-20-16-19(20)17-33(23)27(37)22(18-12-10-9-11-13-18)32-28(38)39-29(3,4)5/h6-7,18-23H,1-2,8-17H2,3-5H3,(H,30,36)(H,31,35)(H,32,38). The van der Waals surface area contributed by atoms with Crippen LogP contribution in [0.1, 0.15) is 72.1 Å². The predicted molar refractivity (Wildman–Crippen MR) is 146 cm³/mol. The van der Waals surface area contributed by atoms with Crippen molar-refractivity contribution >= 4 is 29.6 Å². The molecule has 0 aromatic carbocycles. The number of rotatable bonds is 12. The molecule has 0 aromatic rings. The van der Waals surface area contributed by atoms with Gasteiger partial charge in [0.05, 0.1) is 6.04 Å². The van der Waals surface area contributed by atoms with E-state index in [4.69, 9.17) is 4.74 Å². The number of ketones is 1. The number of carbonyl (C=O) groups is 5. The number of piperidine rings is 1. The maximum Gasteiger partial charge on any atom is 0.408 e. The minimum Gasteiger partial charge on any atom is -0.444 e. The number of ether oxygens (including phenoxy) is 1. The molecule has 0 bridgehead atoms. The van der Waals surface area contributed by atoms with E-state index in [1.54, 1.807) is 31.7 Å². The second-order valence-electron chi connectivity index (χ2n) is 11.9. The van der Waals surface area contributed by atoms with Crippen molar-refractivity contribution in [3.63, 3.8) is 0 Å². The number of carbonyl (C=O) groups excluding carboxylic acids is 5. The third-order valence-corrected chi connectivity index (χ3v) is 7.68. The molecule has 3 rings (SSSR count). The molecule has 0 aromatic heterocycles. The van der Waals surface area contributed by atoms with Crippen LogP contribution in [0.4, 0.5) is 4.79 Å². The van der Waals surface area contributed by atoms with Crippen LogP contribution in [0.25, 0.3) is 0 Å². The maximum absolute atomic E-state index is 14.0. The number of allylic oxidation sites excluding steroid dienone is 1. The van der Waals surface area contributed by atoms with Crippen LogP contribution in [-0.4, -0.2) is 71.3 Å². The normalized spacial score (nSPS) is 24.0. The third kappa shape index (κ3) is 8.16. The van der Waals surface area contributed by atoms with E-state index in [0.29, 0.717) is 13.0 Å². The minimum atomic E-state index is -1.04. The first kappa shape index (κ1) is 30.4. The van der Waals surface area contributed by atoms with Gasteiger partial charge in [-0.3, -0.25) is 19.2 Å². The van der Waals surface area contributed by atoms with Gasteiger partial charge in [-0.25, -0.2) is 4.79 Å². The number of hydrogen-bond donors (Lipinski definition) is 3. The Labute approximate surface area is 231 Å². The van der Waals surface area contributed by atoms with Crippen molar-refractivity contribution < 1.29 is 28.7 Å². The highest BCUT2D eigenvalue weighted by atomic mass is 16.6. The predicted octanol–water partition coefficient (Wildman–Crippen LogP) is 2.63. The number of likely N-dealkylation sites (tertiary alicyclic amines) is 1. The van der Waals surface area contributed by atoms with Crippen molar-refractivity contribution in [3.05, 3.63) is 25.3 Å². The molecule has 5 atom stereocenters. The van der Waals surface area contributed by atoms with Gasteiger partial charge in [-0.2, -0.15) is 0 Å². The molecule has 216 valence electrons. The summed E-state index contributed by atoms with van der Waals surface area (Å²) < 4.78 is 5.45. The second-order valence-corrected chi connectivity index (χ2v) is 11.9. The fraction of sp³-hybridized carbons (Fsp3) is 0.690. The molecule has 2 saturated carbocycles. The molecular weight excluding hydrogens is 500 g/mol. The summed E-state index contributed by atoms with van der Waals surface area (Å²) >= 11 is 0. The fourth-order valence-electron chi connectivity index (χ4n) is 5.71. The molecule has 0 radical (unpaired) electrons. The van der Waals surface area contributed by atoms with E-state index in [-0.39, 0.29) is 36.6 Å². The Morgan fingerprint density at radius 3 is 2.33 bits per heavy atom. The Kier molecular flexibility index (Phi) is 10.3. The van der Waals surface area contributed by atoms with Gasteiger partial charge in [-0.15, -0.1) is 13.2 Å². The van der Waals surface area contributed by atoms with Crippen LogP contribution < -0.4 is 16.0 Å². The second kappa shape index (κ2) is 13.3. The van der Waals surface area contributed by atoms with Gasteiger partial charge in [0.2, 0.25) is 17.6 Å². The van der Waals surface area contributed by atoms with Gasteiger partial charge in [0.1, 0.15) is 17.7 Å². The first-order chi connectivity index (χ1) is 18.5. The molecule has 3 N–H and O–H groups in total. The Hall–Kier alpha value is -3.17. The Morgan fingerprint density at radius 2 is 1.72 bits per heavy atom. The summed E-state index contributed by atoms with van der Waals surface area (Å²) in [5, 5.41) is 8.04. The number of fused-ring (bicyclic) bond motifs is 1. The smallest absolute Gasteiger partial charge is 0.408 e. The number of amides is 4. The van der Waals surface area contributed by atoms with Gasteiger partial charge in [-0.05, 0) is 70.6 Å². The van der Waals surface area contributed by atoms with Crippen molar-refractivity contribution in [2.45, 2.75) is 95.9 Å². The number of Topliss-reactive ketones (excluding diaryl/α,β-unsaturated/α-hetero) is 1. The van der Waals surface area contributed by atoms with E-state index >= 15 is 0 Å². The quantitative estimate of drug-likeness (QED) is 0.255. The lowest BCUT2D eigenvalue weighted by molar-refractivity contribution is -0.144. The molecule has 39 heavy (non-hydrogen) atoms. The lowest BCUT2D eigenvalue weighted by Crippen LogP contribution is -2.59. The molecule has 10 nitrogen and oxygen atoms in total. The molecule has 4 amide bonds. The lowest BCUT2D eigenvalue weighted by Gasteiger charge is -2.36. The van der Waals surface area contributed by atoms with Crippen molar-refractivity contribution in [2.24, 2.45) is 17.8 Å². The monoisotopic (exact) mass is 544 g/mol. The molecule has 2 aliphatic carbocycles. The van der Waals surface area contributed by atoms with Crippen molar-refractivity contribution in [1.82, 2.24) is 20.9 Å².